The molecule has 1 atom stereocenters. The predicted octanol–water partition coefficient (Wildman–Crippen LogP) is 0.285. The van der Waals surface area contributed by atoms with Crippen LogP contribution in [0.1, 0.15) is 20.8 Å². The average Bonchev–Trinajstić information content (AvgIpc) is 1.63. The zero-order valence-electron chi connectivity index (χ0n) is 6.05. The van der Waals surface area contributed by atoms with Crippen LogP contribution in [0.3, 0.4) is 0 Å². The third-order valence-electron chi connectivity index (χ3n) is 0.724. The maximum atomic E-state index is 10.6. The minimum atomic E-state index is -0.507. The average molecular weight is 131 g/mol. The van der Waals surface area contributed by atoms with Crippen LogP contribution >= 0.6 is 0 Å². The molecule has 0 saturated carbocycles. The quantitative estimate of drug-likeness (QED) is 0.548. The zero-order valence-corrected chi connectivity index (χ0v) is 6.05. The van der Waals surface area contributed by atoms with Crippen molar-refractivity contribution in [3.63, 3.8) is 0 Å². The fourth-order valence-corrected chi connectivity index (χ4v) is 0.340. The molecule has 0 spiro atoms. The Kier molecular flexibility index (Phi) is 3.24. The van der Waals surface area contributed by atoms with Gasteiger partial charge in [0.2, 0.25) is 0 Å². The van der Waals surface area contributed by atoms with Crippen molar-refractivity contribution in [2.75, 3.05) is 0 Å². The van der Waals surface area contributed by atoms with E-state index in [0.717, 1.165) is 0 Å². The molecule has 0 fully saturated rings. The van der Waals surface area contributed by atoms with Crippen LogP contribution in [0.5, 0.6) is 0 Å². The Bertz CT molecular complexity index is 99.2. The lowest BCUT2D eigenvalue weighted by molar-refractivity contribution is -0.148. The van der Waals surface area contributed by atoms with Gasteiger partial charge in [-0.15, -0.1) is 0 Å². The fraction of sp³-hybridized carbons (Fsp3) is 0.833. The molecule has 1 unspecified atom stereocenters. The molecule has 2 N–H and O–H groups in total. The van der Waals surface area contributed by atoms with Gasteiger partial charge in [0, 0.05) is 0 Å². The van der Waals surface area contributed by atoms with Gasteiger partial charge in [-0.05, 0) is 20.8 Å². The van der Waals surface area contributed by atoms with E-state index < -0.39 is 6.04 Å². The maximum absolute atomic E-state index is 10.6. The standard InChI is InChI=1S/C6H13NO2/c1-4(2)9-6(8)5(3)7/h4-5H,7H2,1-3H3. The van der Waals surface area contributed by atoms with E-state index in [-0.39, 0.29) is 12.1 Å². The van der Waals surface area contributed by atoms with Gasteiger partial charge in [-0.1, -0.05) is 0 Å². The number of rotatable bonds is 2. The summed E-state index contributed by atoms with van der Waals surface area (Å²) in [7, 11) is 0. The van der Waals surface area contributed by atoms with Crippen LogP contribution in [-0.2, 0) is 9.53 Å². The van der Waals surface area contributed by atoms with E-state index in [1.807, 2.05) is 0 Å². The lowest BCUT2D eigenvalue weighted by Crippen LogP contribution is -2.30. The first kappa shape index (κ1) is 8.43. The van der Waals surface area contributed by atoms with Gasteiger partial charge in [0.25, 0.3) is 0 Å². The molecule has 0 rings (SSSR count). The van der Waals surface area contributed by atoms with Gasteiger partial charge in [0.15, 0.2) is 0 Å². The Balaban J connectivity index is 3.51. The molecule has 0 amide bonds. The highest BCUT2D eigenvalue weighted by atomic mass is 16.5. The Labute approximate surface area is 55.2 Å². The lowest BCUT2D eigenvalue weighted by Gasteiger charge is -2.08. The third-order valence-corrected chi connectivity index (χ3v) is 0.724. The fourth-order valence-electron chi connectivity index (χ4n) is 0.340. The van der Waals surface area contributed by atoms with Crippen molar-refractivity contribution in [3.05, 3.63) is 0 Å². The summed E-state index contributed by atoms with van der Waals surface area (Å²) in [6.07, 6.45) is -0.0662. The van der Waals surface area contributed by atoms with Crippen molar-refractivity contribution in [2.24, 2.45) is 5.73 Å². The topological polar surface area (TPSA) is 52.3 Å². The van der Waals surface area contributed by atoms with E-state index in [9.17, 15) is 4.79 Å². The Morgan fingerprint density at radius 3 is 2.00 bits per heavy atom. The van der Waals surface area contributed by atoms with Crippen molar-refractivity contribution < 1.29 is 9.53 Å². The minimum Gasteiger partial charge on any atom is -0.462 e. The maximum Gasteiger partial charge on any atom is 0.322 e. The zero-order chi connectivity index (χ0) is 7.44. The number of hydrogen-bond donors (Lipinski definition) is 1. The Morgan fingerprint density at radius 2 is 1.89 bits per heavy atom. The molecule has 0 bridgehead atoms. The number of nitrogens with two attached hydrogens (primary N) is 1. The van der Waals surface area contributed by atoms with E-state index in [2.05, 4.69) is 0 Å². The summed E-state index contributed by atoms with van der Waals surface area (Å²) in [6.45, 7) is 5.19. The van der Waals surface area contributed by atoms with E-state index in [1.54, 1.807) is 20.8 Å². The molecule has 0 aliphatic rings. The molecule has 0 saturated heterocycles. The second-order valence-electron chi connectivity index (χ2n) is 2.27. The summed E-state index contributed by atoms with van der Waals surface area (Å²) in [5.41, 5.74) is 5.21. The van der Waals surface area contributed by atoms with Crippen LogP contribution in [0, 0.1) is 0 Å². The normalized spacial score (nSPS) is 13.4. The summed E-state index contributed by atoms with van der Waals surface area (Å²) in [5, 5.41) is 0. The SMILES string of the molecule is CC(C)OC(=O)C(C)N. The van der Waals surface area contributed by atoms with Gasteiger partial charge >= 0.3 is 5.97 Å². The van der Waals surface area contributed by atoms with Gasteiger partial charge in [-0.25, -0.2) is 0 Å². The number of esters is 1. The van der Waals surface area contributed by atoms with Gasteiger partial charge in [0.1, 0.15) is 6.04 Å². The highest BCUT2D eigenvalue weighted by Crippen LogP contribution is 1.90. The molecule has 0 radical (unpaired) electrons. The molecule has 3 nitrogen and oxygen atoms in total. The van der Waals surface area contributed by atoms with Crippen molar-refractivity contribution >= 4 is 5.97 Å². The second kappa shape index (κ2) is 3.45. The van der Waals surface area contributed by atoms with Crippen LogP contribution in [0.15, 0.2) is 0 Å². The van der Waals surface area contributed by atoms with Crippen LogP contribution in [0.2, 0.25) is 0 Å². The van der Waals surface area contributed by atoms with Gasteiger partial charge < -0.3 is 10.5 Å². The molecular formula is C6H13NO2. The first-order valence-corrected chi connectivity index (χ1v) is 3.00. The van der Waals surface area contributed by atoms with Crippen molar-refractivity contribution in [2.45, 2.75) is 32.9 Å². The molecule has 54 valence electrons. The van der Waals surface area contributed by atoms with Crippen molar-refractivity contribution in [3.8, 4) is 0 Å². The number of hydrogen-bond acceptors (Lipinski definition) is 3. The van der Waals surface area contributed by atoms with Crippen LogP contribution in [0.25, 0.3) is 0 Å². The molecule has 0 aromatic rings. The van der Waals surface area contributed by atoms with Crippen LogP contribution in [-0.4, -0.2) is 18.1 Å². The molecule has 0 aliphatic carbocycles. The Hall–Kier alpha value is -0.570. The highest BCUT2D eigenvalue weighted by Gasteiger charge is 2.09. The summed E-state index contributed by atoms with van der Waals surface area (Å²) < 4.78 is 4.75. The Morgan fingerprint density at radius 1 is 1.44 bits per heavy atom. The highest BCUT2D eigenvalue weighted by molar-refractivity contribution is 5.74. The smallest absolute Gasteiger partial charge is 0.322 e. The molecule has 0 aromatic heterocycles. The van der Waals surface area contributed by atoms with Crippen LogP contribution in [0.4, 0.5) is 0 Å². The molecule has 0 aliphatic heterocycles. The van der Waals surface area contributed by atoms with E-state index in [0.29, 0.717) is 0 Å². The molecule has 3 heteroatoms. The lowest BCUT2D eigenvalue weighted by atomic mass is 10.4. The molecule has 9 heavy (non-hydrogen) atoms. The predicted molar refractivity (Wildman–Crippen MR) is 34.9 cm³/mol. The molecule has 0 heterocycles. The first-order valence-electron chi connectivity index (χ1n) is 3.00. The monoisotopic (exact) mass is 131 g/mol. The van der Waals surface area contributed by atoms with Crippen molar-refractivity contribution in [1.29, 1.82) is 0 Å². The third kappa shape index (κ3) is 3.97. The number of carbonyl (C=O) groups is 1. The van der Waals surface area contributed by atoms with Gasteiger partial charge in [0.05, 0.1) is 6.10 Å². The summed E-state index contributed by atoms with van der Waals surface area (Å²) in [6, 6.07) is -0.507. The summed E-state index contributed by atoms with van der Waals surface area (Å²) >= 11 is 0. The first-order chi connectivity index (χ1) is 4.04. The summed E-state index contributed by atoms with van der Waals surface area (Å²) in [4.78, 5) is 10.6. The number of carbonyl (C=O) groups excluding carboxylic acids is 1. The van der Waals surface area contributed by atoms with Gasteiger partial charge in [-0.3, -0.25) is 4.79 Å². The molecule has 0 aromatic carbocycles. The summed E-state index contributed by atoms with van der Waals surface area (Å²) in [5.74, 6) is -0.343. The van der Waals surface area contributed by atoms with E-state index in [4.69, 9.17) is 10.5 Å². The van der Waals surface area contributed by atoms with Crippen LogP contribution < -0.4 is 5.73 Å². The van der Waals surface area contributed by atoms with E-state index >= 15 is 0 Å². The van der Waals surface area contributed by atoms with Crippen molar-refractivity contribution in [1.82, 2.24) is 0 Å². The minimum absolute atomic E-state index is 0.0662. The second-order valence-corrected chi connectivity index (χ2v) is 2.27. The number of ether oxygens (including phenoxy) is 1. The largest absolute Gasteiger partial charge is 0.462 e. The van der Waals surface area contributed by atoms with E-state index in [1.165, 1.54) is 0 Å². The van der Waals surface area contributed by atoms with Gasteiger partial charge in [-0.2, -0.15) is 0 Å². The molecular weight excluding hydrogens is 118 g/mol.